The molecule has 3 aromatic carbocycles. The van der Waals surface area contributed by atoms with E-state index in [0.717, 1.165) is 4.47 Å². The van der Waals surface area contributed by atoms with Crippen molar-refractivity contribution in [1.29, 1.82) is 0 Å². The van der Waals surface area contributed by atoms with Gasteiger partial charge >= 0.3 is 6.03 Å². The third kappa shape index (κ3) is 4.65. The van der Waals surface area contributed by atoms with Gasteiger partial charge in [0, 0.05) is 10.2 Å². The van der Waals surface area contributed by atoms with Crippen LogP contribution < -0.4 is 16.0 Å². The van der Waals surface area contributed by atoms with Crippen LogP contribution in [-0.2, 0) is 0 Å². The molecule has 7 heteroatoms. The smallest absolute Gasteiger partial charge is 0.323 e. The van der Waals surface area contributed by atoms with E-state index < -0.39 is 11.9 Å². The van der Waals surface area contributed by atoms with E-state index in [-0.39, 0.29) is 17.0 Å². The zero-order valence-electron chi connectivity index (χ0n) is 14.1. The van der Waals surface area contributed by atoms with Crippen LogP contribution >= 0.6 is 15.9 Å². The molecule has 0 aliphatic carbocycles. The Labute approximate surface area is 164 Å². The van der Waals surface area contributed by atoms with E-state index in [4.69, 9.17) is 0 Å². The summed E-state index contributed by atoms with van der Waals surface area (Å²) in [6.07, 6.45) is 0. The molecule has 3 amide bonds. The summed E-state index contributed by atoms with van der Waals surface area (Å²) < 4.78 is 0.723. The molecule has 0 saturated carbocycles. The Morgan fingerprint density at radius 2 is 1.37 bits per heavy atom. The molecule has 3 aromatic rings. The molecule has 0 atom stereocenters. The van der Waals surface area contributed by atoms with Crippen LogP contribution in [0, 0.1) is 0 Å². The summed E-state index contributed by atoms with van der Waals surface area (Å²) in [5.74, 6) is -0.790. The lowest BCUT2D eigenvalue weighted by atomic mass is 10.1. The van der Waals surface area contributed by atoms with Crippen LogP contribution in [0.1, 0.15) is 10.4 Å². The van der Waals surface area contributed by atoms with Crippen molar-refractivity contribution in [2.75, 3.05) is 16.0 Å². The Balaban J connectivity index is 1.73. The average molecular weight is 426 g/mol. The molecule has 6 nitrogen and oxygen atoms in total. The highest BCUT2D eigenvalue weighted by atomic mass is 79.9. The fourth-order valence-electron chi connectivity index (χ4n) is 2.39. The van der Waals surface area contributed by atoms with Crippen LogP contribution in [0.5, 0.6) is 5.75 Å². The number of rotatable bonds is 4. The van der Waals surface area contributed by atoms with Gasteiger partial charge in [0.2, 0.25) is 0 Å². The van der Waals surface area contributed by atoms with Crippen LogP contribution in [0.2, 0.25) is 0 Å². The molecule has 0 radical (unpaired) electrons. The second-order valence-corrected chi connectivity index (χ2v) is 6.44. The number of carbonyl (C=O) groups excluding carboxylic acids is 2. The second kappa shape index (κ2) is 8.37. The lowest BCUT2D eigenvalue weighted by molar-refractivity contribution is 0.102. The SMILES string of the molecule is O=C(Nc1ccccc1Br)Nc1cccc(C(=O)Nc2ccccc2)c1O. The highest BCUT2D eigenvalue weighted by Crippen LogP contribution is 2.29. The van der Waals surface area contributed by atoms with Gasteiger partial charge in [-0.05, 0) is 52.3 Å². The minimum atomic E-state index is -0.544. The molecule has 0 heterocycles. The number of benzene rings is 3. The zero-order valence-corrected chi connectivity index (χ0v) is 15.7. The fraction of sp³-hybridized carbons (Fsp3) is 0. The van der Waals surface area contributed by atoms with E-state index >= 15 is 0 Å². The van der Waals surface area contributed by atoms with E-state index in [1.165, 1.54) is 12.1 Å². The van der Waals surface area contributed by atoms with Crippen molar-refractivity contribution in [3.8, 4) is 5.75 Å². The first-order chi connectivity index (χ1) is 13.0. The highest BCUT2D eigenvalue weighted by molar-refractivity contribution is 9.10. The maximum Gasteiger partial charge on any atom is 0.323 e. The summed E-state index contributed by atoms with van der Waals surface area (Å²) in [6.45, 7) is 0. The van der Waals surface area contributed by atoms with Gasteiger partial charge in [0.15, 0.2) is 5.75 Å². The number of halogens is 1. The summed E-state index contributed by atoms with van der Waals surface area (Å²) in [4.78, 5) is 24.6. The number of hydrogen-bond donors (Lipinski definition) is 4. The number of hydrogen-bond acceptors (Lipinski definition) is 3. The molecule has 27 heavy (non-hydrogen) atoms. The molecule has 0 aromatic heterocycles. The number of aromatic hydroxyl groups is 1. The topological polar surface area (TPSA) is 90.5 Å². The van der Waals surface area contributed by atoms with Gasteiger partial charge < -0.3 is 21.1 Å². The first-order valence-corrected chi connectivity index (χ1v) is 8.85. The van der Waals surface area contributed by atoms with Gasteiger partial charge in [-0.2, -0.15) is 0 Å². The van der Waals surface area contributed by atoms with E-state index in [1.807, 2.05) is 12.1 Å². The fourth-order valence-corrected chi connectivity index (χ4v) is 2.77. The highest BCUT2D eigenvalue weighted by Gasteiger charge is 2.16. The monoisotopic (exact) mass is 425 g/mol. The molecule has 0 saturated heterocycles. The number of phenolic OH excluding ortho intramolecular Hbond substituents is 1. The molecule has 0 spiro atoms. The molecule has 3 rings (SSSR count). The van der Waals surface area contributed by atoms with E-state index in [0.29, 0.717) is 11.4 Å². The molecule has 0 fully saturated rings. The predicted molar refractivity (Wildman–Crippen MR) is 109 cm³/mol. The summed E-state index contributed by atoms with van der Waals surface area (Å²) in [5, 5.41) is 18.3. The summed E-state index contributed by atoms with van der Waals surface area (Å²) in [5.41, 5.74) is 1.36. The van der Waals surface area contributed by atoms with Gasteiger partial charge in [0.1, 0.15) is 0 Å². The number of carbonyl (C=O) groups is 2. The maximum atomic E-state index is 12.4. The number of phenols is 1. The molecule has 0 unspecified atom stereocenters. The molecular formula is C20H16BrN3O3. The maximum absolute atomic E-state index is 12.4. The number of urea groups is 1. The first kappa shape index (κ1) is 18.5. The summed E-state index contributed by atoms with van der Waals surface area (Å²) in [6, 6.07) is 20.0. The van der Waals surface area contributed by atoms with Crippen LogP contribution in [0.25, 0.3) is 0 Å². The van der Waals surface area contributed by atoms with E-state index in [9.17, 15) is 14.7 Å². The minimum Gasteiger partial charge on any atom is -0.505 e. The Bertz CT molecular complexity index is 977. The molecular weight excluding hydrogens is 410 g/mol. The number of amides is 3. The van der Waals surface area contributed by atoms with Gasteiger partial charge in [-0.3, -0.25) is 4.79 Å². The number of nitrogens with one attached hydrogen (secondary N) is 3. The third-order valence-corrected chi connectivity index (χ3v) is 4.37. The van der Waals surface area contributed by atoms with Crippen LogP contribution in [0.15, 0.2) is 77.3 Å². The van der Waals surface area contributed by atoms with E-state index in [2.05, 4.69) is 31.9 Å². The van der Waals surface area contributed by atoms with Gasteiger partial charge in [0.05, 0.1) is 16.9 Å². The lowest BCUT2D eigenvalue weighted by Gasteiger charge is -2.12. The molecule has 0 bridgehead atoms. The largest absolute Gasteiger partial charge is 0.505 e. The normalized spacial score (nSPS) is 10.1. The minimum absolute atomic E-state index is 0.0533. The Kier molecular flexibility index (Phi) is 5.73. The predicted octanol–water partition coefficient (Wildman–Crippen LogP) is 5.05. The van der Waals surface area contributed by atoms with Crippen molar-refractivity contribution in [2.45, 2.75) is 0 Å². The van der Waals surface area contributed by atoms with Crippen molar-refractivity contribution in [2.24, 2.45) is 0 Å². The van der Waals surface area contributed by atoms with Crippen molar-refractivity contribution in [1.82, 2.24) is 0 Å². The molecule has 4 N–H and O–H groups in total. The van der Waals surface area contributed by atoms with Crippen LogP contribution in [0.3, 0.4) is 0 Å². The Hall–Kier alpha value is -3.32. The standard InChI is InChI=1S/C20H16BrN3O3/c21-15-10-4-5-11-16(15)23-20(27)24-17-12-6-9-14(18(17)25)19(26)22-13-7-2-1-3-8-13/h1-12,25H,(H,22,26)(H2,23,24,27). The average Bonchev–Trinajstić information content (AvgIpc) is 2.66. The quantitative estimate of drug-likeness (QED) is 0.440. The zero-order chi connectivity index (χ0) is 19.2. The van der Waals surface area contributed by atoms with Crippen molar-refractivity contribution < 1.29 is 14.7 Å². The van der Waals surface area contributed by atoms with Crippen LogP contribution in [0.4, 0.5) is 21.9 Å². The summed E-state index contributed by atoms with van der Waals surface area (Å²) in [7, 11) is 0. The van der Waals surface area contributed by atoms with Crippen molar-refractivity contribution >= 4 is 44.9 Å². The van der Waals surface area contributed by atoms with Crippen molar-refractivity contribution in [3.05, 3.63) is 82.8 Å². The van der Waals surface area contributed by atoms with Gasteiger partial charge in [-0.1, -0.05) is 36.4 Å². The number of anilines is 3. The second-order valence-electron chi connectivity index (χ2n) is 5.58. The van der Waals surface area contributed by atoms with Gasteiger partial charge in [-0.25, -0.2) is 4.79 Å². The molecule has 0 aliphatic rings. The first-order valence-electron chi connectivity index (χ1n) is 8.05. The van der Waals surface area contributed by atoms with Crippen molar-refractivity contribution in [3.63, 3.8) is 0 Å². The van der Waals surface area contributed by atoms with Gasteiger partial charge in [0.25, 0.3) is 5.91 Å². The van der Waals surface area contributed by atoms with E-state index in [1.54, 1.807) is 48.5 Å². The summed E-state index contributed by atoms with van der Waals surface area (Å²) >= 11 is 3.34. The van der Waals surface area contributed by atoms with Crippen LogP contribution in [-0.4, -0.2) is 17.0 Å². The lowest BCUT2D eigenvalue weighted by Crippen LogP contribution is -2.20. The molecule has 136 valence electrons. The molecule has 0 aliphatic heterocycles. The Morgan fingerprint density at radius 3 is 2.11 bits per heavy atom. The number of para-hydroxylation sites is 3. The van der Waals surface area contributed by atoms with Gasteiger partial charge in [-0.15, -0.1) is 0 Å². The third-order valence-electron chi connectivity index (χ3n) is 3.68. The Morgan fingerprint density at radius 1 is 0.741 bits per heavy atom.